The average molecular weight is 439 g/mol. The minimum Gasteiger partial charge on any atom is -0.493 e. The Bertz CT molecular complexity index is 1120. The molecule has 3 aromatic rings. The fraction of sp³-hybridized carbons (Fsp3) is 0.316. The summed E-state index contributed by atoms with van der Waals surface area (Å²) in [5.74, 6) is 1.47. The lowest BCUT2D eigenvalue weighted by atomic mass is 10.2. The van der Waals surface area contributed by atoms with E-state index in [2.05, 4.69) is 9.88 Å². The zero-order valence-electron chi connectivity index (χ0n) is 16.9. The van der Waals surface area contributed by atoms with E-state index in [0.29, 0.717) is 39.1 Å². The van der Waals surface area contributed by atoms with Gasteiger partial charge in [-0.3, -0.25) is 4.72 Å². The Kier molecular flexibility index (Phi) is 5.76. The molecule has 2 aromatic heterocycles. The van der Waals surface area contributed by atoms with Gasteiger partial charge in [-0.25, -0.2) is 8.42 Å². The summed E-state index contributed by atoms with van der Waals surface area (Å²) in [7, 11) is 0.467. The number of methoxy groups -OCH3 is 3. The van der Waals surface area contributed by atoms with E-state index in [-0.39, 0.29) is 10.6 Å². The summed E-state index contributed by atoms with van der Waals surface area (Å²) in [6, 6.07) is 4.78. The predicted molar refractivity (Wildman–Crippen MR) is 111 cm³/mol. The van der Waals surface area contributed by atoms with Crippen molar-refractivity contribution in [2.75, 3.05) is 26.1 Å². The van der Waals surface area contributed by atoms with Crippen molar-refractivity contribution in [2.24, 2.45) is 0 Å². The fourth-order valence-electron chi connectivity index (χ4n) is 3.10. The van der Waals surface area contributed by atoms with Gasteiger partial charge in [0.25, 0.3) is 10.0 Å². The zero-order chi connectivity index (χ0) is 21.3. The molecule has 29 heavy (non-hydrogen) atoms. The molecule has 1 N–H and O–H groups in total. The fourth-order valence-corrected chi connectivity index (χ4v) is 6.01. The number of aromatic nitrogens is 1. The molecular weight excluding hydrogens is 416 g/mol. The van der Waals surface area contributed by atoms with Crippen LogP contribution in [0.1, 0.15) is 15.4 Å². The first-order valence-electron chi connectivity index (χ1n) is 8.58. The molecule has 0 aliphatic rings. The summed E-state index contributed by atoms with van der Waals surface area (Å²) >= 11 is 1.38. The molecule has 0 bridgehead atoms. The van der Waals surface area contributed by atoms with Crippen molar-refractivity contribution in [1.29, 1.82) is 0 Å². The van der Waals surface area contributed by atoms with Crippen molar-refractivity contribution in [3.05, 3.63) is 33.6 Å². The van der Waals surface area contributed by atoms with Gasteiger partial charge >= 0.3 is 0 Å². The topological polar surface area (TPSA) is 99.9 Å². The van der Waals surface area contributed by atoms with Crippen LogP contribution in [0, 0.1) is 20.8 Å². The van der Waals surface area contributed by atoms with Crippen molar-refractivity contribution >= 4 is 27.0 Å². The van der Waals surface area contributed by atoms with E-state index in [1.807, 2.05) is 6.92 Å². The van der Waals surface area contributed by atoms with Gasteiger partial charge in [0.2, 0.25) is 5.75 Å². The largest absolute Gasteiger partial charge is 0.493 e. The van der Waals surface area contributed by atoms with Crippen molar-refractivity contribution < 1.29 is 27.2 Å². The van der Waals surface area contributed by atoms with Crippen LogP contribution in [0.3, 0.4) is 0 Å². The minimum atomic E-state index is -3.94. The monoisotopic (exact) mass is 438 g/mol. The summed E-state index contributed by atoms with van der Waals surface area (Å²) in [5.41, 5.74) is 1.46. The number of hydrogen-bond donors (Lipinski definition) is 1. The number of thiophene rings is 1. The first kappa shape index (κ1) is 21.0. The summed E-state index contributed by atoms with van der Waals surface area (Å²) in [5, 5.41) is 3.88. The highest BCUT2D eigenvalue weighted by Gasteiger charge is 2.29. The molecule has 0 aliphatic heterocycles. The molecule has 2 heterocycles. The van der Waals surface area contributed by atoms with Gasteiger partial charge in [0.1, 0.15) is 4.90 Å². The number of rotatable bonds is 7. The van der Waals surface area contributed by atoms with Gasteiger partial charge < -0.3 is 18.7 Å². The lowest BCUT2D eigenvalue weighted by Gasteiger charge is -2.15. The maximum atomic E-state index is 13.3. The van der Waals surface area contributed by atoms with E-state index in [4.69, 9.17) is 18.7 Å². The normalized spacial score (nSPS) is 11.4. The van der Waals surface area contributed by atoms with Crippen molar-refractivity contribution in [3.63, 3.8) is 0 Å². The maximum absolute atomic E-state index is 13.3. The standard InChI is InChI=1S/C19H22N2O6S2/c1-10-7-14(27-20-10)17-11(2)28-12(3)19(17)29(22,23)21-13-8-15(24-4)18(26-6)16(9-13)25-5/h7-9,21H,1-6H3. The minimum absolute atomic E-state index is 0.157. The van der Waals surface area contributed by atoms with E-state index >= 15 is 0 Å². The third-order valence-corrected chi connectivity index (χ3v) is 6.97. The Morgan fingerprint density at radius 3 is 2.07 bits per heavy atom. The van der Waals surface area contributed by atoms with Crippen LogP contribution in [-0.2, 0) is 10.0 Å². The third kappa shape index (κ3) is 3.90. The molecule has 0 atom stereocenters. The molecule has 10 heteroatoms. The molecule has 156 valence electrons. The molecule has 3 rings (SSSR count). The lowest BCUT2D eigenvalue weighted by Crippen LogP contribution is -2.14. The quantitative estimate of drug-likeness (QED) is 0.591. The van der Waals surface area contributed by atoms with Crippen LogP contribution in [-0.4, -0.2) is 34.9 Å². The van der Waals surface area contributed by atoms with Gasteiger partial charge in [-0.1, -0.05) is 5.16 Å². The Morgan fingerprint density at radius 2 is 1.59 bits per heavy atom. The zero-order valence-corrected chi connectivity index (χ0v) is 18.6. The summed E-state index contributed by atoms with van der Waals surface area (Å²) in [6.07, 6.45) is 0. The molecule has 0 fully saturated rings. The molecule has 0 aliphatic carbocycles. The molecule has 0 saturated heterocycles. The number of aryl methyl sites for hydroxylation is 3. The number of hydrogen-bond acceptors (Lipinski definition) is 8. The lowest BCUT2D eigenvalue weighted by molar-refractivity contribution is 0.325. The number of ether oxygens (including phenoxy) is 3. The van der Waals surface area contributed by atoms with Gasteiger partial charge in [-0.15, -0.1) is 11.3 Å². The second-order valence-corrected chi connectivity index (χ2v) is 9.32. The average Bonchev–Trinajstić information content (AvgIpc) is 3.22. The number of anilines is 1. The van der Waals surface area contributed by atoms with Gasteiger partial charge in [-0.05, 0) is 20.8 Å². The summed E-state index contributed by atoms with van der Waals surface area (Å²) in [4.78, 5) is 1.63. The van der Waals surface area contributed by atoms with E-state index in [0.717, 1.165) is 4.88 Å². The van der Waals surface area contributed by atoms with Crippen LogP contribution in [0.15, 0.2) is 27.6 Å². The molecule has 0 radical (unpaired) electrons. The van der Waals surface area contributed by atoms with E-state index in [1.54, 1.807) is 19.9 Å². The summed E-state index contributed by atoms with van der Waals surface area (Å²) < 4.78 is 50.5. The highest BCUT2D eigenvalue weighted by molar-refractivity contribution is 7.93. The second kappa shape index (κ2) is 7.96. The van der Waals surface area contributed by atoms with Crippen LogP contribution in [0.5, 0.6) is 17.2 Å². The van der Waals surface area contributed by atoms with Crippen LogP contribution in [0.4, 0.5) is 5.69 Å². The second-order valence-electron chi connectivity index (χ2n) is 6.27. The predicted octanol–water partition coefficient (Wildman–Crippen LogP) is 4.15. The molecule has 8 nitrogen and oxygen atoms in total. The Labute approximate surface area is 173 Å². The first-order valence-corrected chi connectivity index (χ1v) is 10.9. The Morgan fingerprint density at radius 1 is 0.966 bits per heavy atom. The van der Waals surface area contributed by atoms with Crippen LogP contribution >= 0.6 is 11.3 Å². The van der Waals surface area contributed by atoms with E-state index in [9.17, 15) is 8.42 Å². The van der Waals surface area contributed by atoms with Crippen molar-refractivity contribution in [3.8, 4) is 28.6 Å². The highest BCUT2D eigenvalue weighted by Crippen LogP contribution is 2.43. The molecule has 0 saturated carbocycles. The van der Waals surface area contributed by atoms with Crippen LogP contribution in [0.2, 0.25) is 0 Å². The molecule has 0 amide bonds. The first-order chi connectivity index (χ1) is 13.7. The van der Waals surface area contributed by atoms with Gasteiger partial charge in [0, 0.05) is 28.0 Å². The number of sulfonamides is 1. The molecule has 0 spiro atoms. The number of nitrogens with zero attached hydrogens (tertiary/aromatic N) is 1. The molecule has 1 aromatic carbocycles. The summed E-state index contributed by atoms with van der Waals surface area (Å²) in [6.45, 7) is 5.39. The SMILES string of the molecule is COc1cc(NS(=O)(=O)c2c(C)sc(C)c2-c2cc(C)no2)cc(OC)c1OC. The molecule has 0 unspecified atom stereocenters. The van der Waals surface area contributed by atoms with E-state index in [1.165, 1.54) is 44.8 Å². The third-order valence-electron chi connectivity index (χ3n) is 4.27. The van der Waals surface area contributed by atoms with Crippen LogP contribution in [0.25, 0.3) is 11.3 Å². The van der Waals surface area contributed by atoms with Gasteiger partial charge in [0.15, 0.2) is 17.3 Å². The highest BCUT2D eigenvalue weighted by atomic mass is 32.2. The van der Waals surface area contributed by atoms with Gasteiger partial charge in [0.05, 0.1) is 38.3 Å². The van der Waals surface area contributed by atoms with Crippen molar-refractivity contribution in [1.82, 2.24) is 5.16 Å². The van der Waals surface area contributed by atoms with Crippen molar-refractivity contribution in [2.45, 2.75) is 25.7 Å². The number of nitrogens with one attached hydrogen (secondary N) is 1. The smallest absolute Gasteiger partial charge is 0.263 e. The maximum Gasteiger partial charge on any atom is 0.263 e. The Hall–Kier alpha value is -2.72. The molecular formula is C19H22N2O6S2. The van der Waals surface area contributed by atoms with E-state index < -0.39 is 10.0 Å². The van der Waals surface area contributed by atoms with Crippen LogP contribution < -0.4 is 18.9 Å². The Balaban J connectivity index is 2.10. The van der Waals surface area contributed by atoms with Gasteiger partial charge in [-0.2, -0.15) is 0 Å². The number of benzene rings is 1.